The van der Waals surface area contributed by atoms with E-state index in [2.05, 4.69) is 21.2 Å². The number of benzene rings is 2. The molecule has 218 valence electrons. The number of sulfonamides is 1. The van der Waals surface area contributed by atoms with E-state index in [0.29, 0.717) is 22.4 Å². The van der Waals surface area contributed by atoms with Gasteiger partial charge in [0.2, 0.25) is 10.0 Å². The second-order valence-electron chi connectivity index (χ2n) is 9.80. The van der Waals surface area contributed by atoms with Gasteiger partial charge >= 0.3 is 25.0 Å². The van der Waals surface area contributed by atoms with E-state index >= 15 is 0 Å². The molecule has 0 unspecified atom stereocenters. The highest BCUT2D eigenvalue weighted by Gasteiger charge is 2.40. The number of halogens is 1. The number of rotatable bonds is 8. The first-order valence-electron chi connectivity index (χ1n) is 12.6. The summed E-state index contributed by atoms with van der Waals surface area (Å²) in [5, 5.41) is 29.0. The summed E-state index contributed by atoms with van der Waals surface area (Å²) < 4.78 is 29.2. The zero-order valence-corrected chi connectivity index (χ0v) is 24.4. The number of amides is 4. The first kappa shape index (κ1) is 30.5. The fourth-order valence-electron chi connectivity index (χ4n) is 4.88. The van der Waals surface area contributed by atoms with Crippen LogP contribution in [0.3, 0.4) is 0 Å². The number of phenolic OH excluding ortho intramolecular Hbond substituents is 1. The lowest BCUT2D eigenvalue weighted by molar-refractivity contribution is -0.153. The molecule has 5 N–H and O–H groups in total. The van der Waals surface area contributed by atoms with Gasteiger partial charge in [-0.15, -0.1) is 0 Å². The summed E-state index contributed by atoms with van der Waals surface area (Å²) >= 11 is 3.20. The molecule has 2 heterocycles. The quantitative estimate of drug-likeness (QED) is 0.180. The van der Waals surface area contributed by atoms with Gasteiger partial charge in [0.1, 0.15) is 22.4 Å². The summed E-state index contributed by atoms with van der Waals surface area (Å²) in [5.41, 5.74) is 1.60. The SMILES string of the molecule is Cc1cccc2c1OB(O)[C@@H](CC(=O)[C@@H](NC(=O)N1CCN(CCBr)C(=O)C1=O)c1ccc(S(N)(=O)=O)c(O)c1)C2. The van der Waals surface area contributed by atoms with Gasteiger partial charge in [0.25, 0.3) is 0 Å². The maximum Gasteiger partial charge on any atom is 0.526 e. The van der Waals surface area contributed by atoms with Crippen molar-refractivity contribution in [2.24, 2.45) is 5.14 Å². The molecule has 2 aliphatic heterocycles. The number of Topliss-reactive ketones (excluding diaryl/α,β-unsaturated/α-hetero) is 1. The molecule has 4 rings (SSSR count). The Balaban J connectivity index is 1.61. The molecule has 1 fully saturated rings. The van der Waals surface area contributed by atoms with Crippen LogP contribution in [0.1, 0.15) is 29.2 Å². The van der Waals surface area contributed by atoms with Crippen LogP contribution >= 0.6 is 15.9 Å². The van der Waals surface area contributed by atoms with Crippen molar-refractivity contribution in [3.63, 3.8) is 0 Å². The summed E-state index contributed by atoms with van der Waals surface area (Å²) in [5.74, 6) is -3.50. The molecular formula is C25H28BBrN4O9S. The molecule has 0 aromatic heterocycles. The maximum absolute atomic E-state index is 13.6. The number of carbonyl (C=O) groups excluding carboxylic acids is 4. The third kappa shape index (κ3) is 6.55. The van der Waals surface area contributed by atoms with Gasteiger partial charge in [-0.05, 0) is 42.2 Å². The molecule has 0 radical (unpaired) electrons. The zero-order valence-electron chi connectivity index (χ0n) is 21.9. The fourth-order valence-corrected chi connectivity index (χ4v) is 5.92. The predicted molar refractivity (Wildman–Crippen MR) is 150 cm³/mol. The van der Waals surface area contributed by atoms with E-state index in [1.54, 1.807) is 0 Å². The van der Waals surface area contributed by atoms with Crippen molar-refractivity contribution >= 4 is 56.7 Å². The summed E-state index contributed by atoms with van der Waals surface area (Å²) in [4.78, 5) is 53.3. The van der Waals surface area contributed by atoms with Crippen molar-refractivity contribution in [2.75, 3.05) is 25.0 Å². The fraction of sp³-hybridized carbons (Fsp3) is 0.360. The Hall–Kier alpha value is -3.47. The lowest BCUT2D eigenvalue weighted by Crippen LogP contribution is -2.59. The number of nitrogens with two attached hydrogens (primary N) is 1. The summed E-state index contributed by atoms with van der Waals surface area (Å²) in [6, 6.07) is 6.08. The Kier molecular flexibility index (Phi) is 9.06. The first-order chi connectivity index (χ1) is 19.3. The van der Waals surface area contributed by atoms with E-state index in [-0.39, 0.29) is 31.6 Å². The number of alkyl halides is 1. The van der Waals surface area contributed by atoms with Crippen LogP contribution in [-0.4, -0.2) is 84.1 Å². The topological polar surface area (TPSA) is 197 Å². The number of para-hydroxylation sites is 1. The van der Waals surface area contributed by atoms with Crippen molar-refractivity contribution in [1.29, 1.82) is 0 Å². The van der Waals surface area contributed by atoms with Crippen LogP contribution in [0, 0.1) is 6.92 Å². The van der Waals surface area contributed by atoms with Crippen molar-refractivity contribution in [1.82, 2.24) is 15.1 Å². The lowest BCUT2D eigenvalue weighted by atomic mass is 9.64. The van der Waals surface area contributed by atoms with Crippen LogP contribution < -0.4 is 15.1 Å². The number of nitrogens with zero attached hydrogens (tertiary/aromatic N) is 2. The van der Waals surface area contributed by atoms with E-state index < -0.39 is 63.3 Å². The molecular weight excluding hydrogens is 623 g/mol. The number of primary sulfonamides is 1. The highest BCUT2D eigenvalue weighted by atomic mass is 79.9. The van der Waals surface area contributed by atoms with Crippen molar-refractivity contribution < 1.29 is 42.4 Å². The number of ketones is 1. The van der Waals surface area contributed by atoms with E-state index in [1.165, 1.54) is 11.0 Å². The molecule has 2 aliphatic rings. The van der Waals surface area contributed by atoms with Gasteiger partial charge in [-0.2, -0.15) is 0 Å². The Morgan fingerprint density at radius 2 is 1.95 bits per heavy atom. The molecule has 41 heavy (non-hydrogen) atoms. The van der Waals surface area contributed by atoms with Gasteiger partial charge in [0.15, 0.2) is 5.78 Å². The molecule has 13 nitrogen and oxygen atoms in total. The maximum atomic E-state index is 13.6. The van der Waals surface area contributed by atoms with Crippen LogP contribution in [0.4, 0.5) is 4.79 Å². The molecule has 0 bridgehead atoms. The Labute approximate surface area is 244 Å². The van der Waals surface area contributed by atoms with Gasteiger partial charge < -0.3 is 25.0 Å². The number of urea groups is 1. The Morgan fingerprint density at radius 3 is 2.61 bits per heavy atom. The van der Waals surface area contributed by atoms with Gasteiger partial charge in [-0.1, -0.05) is 40.2 Å². The minimum Gasteiger partial charge on any atom is -0.536 e. The van der Waals surface area contributed by atoms with Gasteiger partial charge in [-0.3, -0.25) is 19.3 Å². The number of fused-ring (bicyclic) bond motifs is 1. The molecule has 2 aromatic carbocycles. The molecule has 1 saturated heterocycles. The summed E-state index contributed by atoms with van der Waals surface area (Å²) in [6.45, 7) is 2.07. The summed E-state index contributed by atoms with van der Waals surface area (Å²) in [6.07, 6.45) is 0.00577. The average molecular weight is 651 g/mol. The smallest absolute Gasteiger partial charge is 0.526 e. The summed E-state index contributed by atoms with van der Waals surface area (Å²) in [7, 11) is -5.62. The van der Waals surface area contributed by atoms with Gasteiger partial charge in [0.05, 0.1) is 0 Å². The predicted octanol–water partition coefficient (Wildman–Crippen LogP) is 0.609. The number of aromatic hydroxyl groups is 1. The van der Waals surface area contributed by atoms with E-state index in [1.807, 2.05) is 25.1 Å². The van der Waals surface area contributed by atoms with Gasteiger partial charge in [-0.25, -0.2) is 18.4 Å². The van der Waals surface area contributed by atoms with Crippen LogP contribution in [0.15, 0.2) is 41.3 Å². The van der Waals surface area contributed by atoms with Crippen molar-refractivity contribution in [2.45, 2.75) is 36.5 Å². The zero-order chi connectivity index (χ0) is 30.1. The third-order valence-electron chi connectivity index (χ3n) is 7.00. The number of imide groups is 1. The second kappa shape index (κ2) is 12.2. The van der Waals surface area contributed by atoms with Crippen LogP contribution in [0.25, 0.3) is 0 Å². The number of hydrogen-bond donors (Lipinski definition) is 4. The van der Waals surface area contributed by atoms with E-state index in [9.17, 15) is 37.7 Å². The molecule has 2 aromatic rings. The van der Waals surface area contributed by atoms with E-state index in [0.717, 1.165) is 23.3 Å². The number of piperazine rings is 1. The standard InChI is InChI=1S/C25H28BBrN4O9S/c1-14-3-2-4-16-11-17(26(37)40-22(14)16)13-19(33)21(15-5-6-20(18(32)12-15)41(28,38)39)29-25(36)31-10-9-30(8-7-27)23(34)24(31)35/h2-6,12,17,21,32,37H,7-11,13H2,1H3,(H,29,36)(H2,28,38,39)/t17-,21+/m1/s1. The molecule has 16 heteroatoms. The number of phenols is 1. The minimum absolute atomic E-state index is 0.00703. The molecule has 4 amide bonds. The molecule has 2 atom stereocenters. The monoisotopic (exact) mass is 650 g/mol. The molecule has 0 aliphatic carbocycles. The highest BCUT2D eigenvalue weighted by molar-refractivity contribution is 9.09. The number of nitrogens with one attached hydrogen (secondary N) is 1. The number of aryl methyl sites for hydroxylation is 1. The number of hydrogen-bond acceptors (Lipinski definition) is 9. The average Bonchev–Trinajstić information content (AvgIpc) is 2.90. The van der Waals surface area contributed by atoms with Crippen LogP contribution in [-0.2, 0) is 30.8 Å². The van der Waals surface area contributed by atoms with Crippen molar-refractivity contribution in [3.05, 3.63) is 53.1 Å². The van der Waals surface area contributed by atoms with Crippen molar-refractivity contribution in [3.8, 4) is 11.5 Å². The molecule has 0 saturated carbocycles. The van der Waals surface area contributed by atoms with Crippen LogP contribution in [0.2, 0.25) is 5.82 Å². The third-order valence-corrected chi connectivity index (χ3v) is 8.31. The van der Waals surface area contributed by atoms with Gasteiger partial charge in [0, 0.05) is 37.2 Å². The lowest BCUT2D eigenvalue weighted by Gasteiger charge is -2.33. The minimum atomic E-state index is -4.29. The Morgan fingerprint density at radius 1 is 1.22 bits per heavy atom. The largest absolute Gasteiger partial charge is 0.536 e. The van der Waals surface area contributed by atoms with Crippen LogP contribution in [0.5, 0.6) is 11.5 Å². The van der Waals surface area contributed by atoms with E-state index in [4.69, 9.17) is 9.79 Å². The highest BCUT2D eigenvalue weighted by Crippen LogP contribution is 2.37. The first-order valence-corrected chi connectivity index (χ1v) is 15.3. The number of carbonyl (C=O) groups is 4. The molecule has 0 spiro atoms. The second-order valence-corrected chi connectivity index (χ2v) is 12.1. The Bertz CT molecular complexity index is 1510. The normalized spacial score (nSPS) is 18.0.